The van der Waals surface area contributed by atoms with Crippen molar-refractivity contribution in [3.63, 3.8) is 0 Å². The van der Waals surface area contributed by atoms with Crippen LogP contribution in [-0.2, 0) is 11.3 Å². The maximum Gasteiger partial charge on any atom is 0.0727 e. The number of hydrogen-bond donors (Lipinski definition) is 1. The van der Waals surface area contributed by atoms with Crippen LogP contribution in [0.1, 0.15) is 12.0 Å². The van der Waals surface area contributed by atoms with Crippen LogP contribution in [0.25, 0.3) is 11.1 Å². The van der Waals surface area contributed by atoms with Crippen LogP contribution >= 0.6 is 11.6 Å². The predicted molar refractivity (Wildman–Crippen MR) is 83.0 cm³/mol. The van der Waals surface area contributed by atoms with Crippen LogP contribution in [0.2, 0.25) is 5.02 Å². The molecule has 1 saturated heterocycles. The van der Waals surface area contributed by atoms with Crippen molar-refractivity contribution in [1.29, 1.82) is 0 Å². The largest absolute Gasteiger partial charge is 0.372 e. The van der Waals surface area contributed by atoms with Crippen LogP contribution in [-0.4, -0.2) is 19.2 Å². The second-order valence-corrected chi connectivity index (χ2v) is 5.53. The summed E-state index contributed by atoms with van der Waals surface area (Å²) in [6.45, 7) is 2.68. The summed E-state index contributed by atoms with van der Waals surface area (Å²) in [4.78, 5) is 0. The molecular formula is C17H18ClNO. The molecule has 3 heteroatoms. The minimum Gasteiger partial charge on any atom is -0.372 e. The van der Waals surface area contributed by atoms with Crippen LogP contribution in [0.5, 0.6) is 0 Å². The van der Waals surface area contributed by atoms with Gasteiger partial charge in [-0.05, 0) is 41.8 Å². The van der Waals surface area contributed by atoms with Crippen LogP contribution < -0.4 is 5.32 Å². The summed E-state index contributed by atoms with van der Waals surface area (Å²) >= 11 is 5.95. The third kappa shape index (κ3) is 3.21. The third-order valence-corrected chi connectivity index (χ3v) is 3.91. The number of hydrogen-bond acceptors (Lipinski definition) is 2. The Balaban J connectivity index is 1.78. The van der Waals surface area contributed by atoms with E-state index in [1.165, 1.54) is 16.7 Å². The van der Waals surface area contributed by atoms with Gasteiger partial charge in [0.1, 0.15) is 0 Å². The maximum absolute atomic E-state index is 5.99. The van der Waals surface area contributed by atoms with Gasteiger partial charge in [-0.15, -0.1) is 0 Å². The van der Waals surface area contributed by atoms with Crippen LogP contribution in [0.3, 0.4) is 0 Å². The fraction of sp³-hybridized carbons (Fsp3) is 0.294. The quantitative estimate of drug-likeness (QED) is 0.921. The van der Waals surface area contributed by atoms with E-state index >= 15 is 0 Å². The van der Waals surface area contributed by atoms with Gasteiger partial charge in [-0.3, -0.25) is 0 Å². The van der Waals surface area contributed by atoms with Crippen molar-refractivity contribution >= 4 is 11.6 Å². The SMILES string of the molecule is Clc1ccc(-c2ccccc2COC2CCNC2)cc1. The monoisotopic (exact) mass is 287 g/mol. The Morgan fingerprint density at radius 3 is 2.65 bits per heavy atom. The molecule has 0 aromatic heterocycles. The summed E-state index contributed by atoms with van der Waals surface area (Å²) in [6, 6.07) is 16.3. The van der Waals surface area contributed by atoms with E-state index in [1.807, 2.05) is 12.1 Å². The zero-order valence-corrected chi connectivity index (χ0v) is 12.1. The molecule has 1 atom stereocenters. The number of halogens is 1. The lowest BCUT2D eigenvalue weighted by molar-refractivity contribution is 0.0545. The van der Waals surface area contributed by atoms with Gasteiger partial charge >= 0.3 is 0 Å². The smallest absolute Gasteiger partial charge is 0.0727 e. The highest BCUT2D eigenvalue weighted by atomic mass is 35.5. The highest BCUT2D eigenvalue weighted by Crippen LogP contribution is 2.26. The van der Waals surface area contributed by atoms with Crippen LogP contribution in [0, 0.1) is 0 Å². The normalized spacial score (nSPS) is 18.4. The molecule has 2 aromatic carbocycles. The van der Waals surface area contributed by atoms with E-state index in [9.17, 15) is 0 Å². The zero-order valence-electron chi connectivity index (χ0n) is 11.3. The van der Waals surface area contributed by atoms with Crippen LogP contribution in [0.15, 0.2) is 48.5 Å². The van der Waals surface area contributed by atoms with E-state index in [0.717, 1.165) is 24.5 Å². The van der Waals surface area contributed by atoms with Gasteiger partial charge in [-0.1, -0.05) is 48.0 Å². The molecule has 1 aliphatic heterocycles. The standard InChI is InChI=1S/C17H18ClNO/c18-15-7-5-13(6-8-15)17-4-2-1-3-14(17)12-20-16-9-10-19-11-16/h1-8,16,19H,9-12H2. The van der Waals surface area contributed by atoms with Crippen molar-refractivity contribution in [3.8, 4) is 11.1 Å². The minimum atomic E-state index is 0.341. The van der Waals surface area contributed by atoms with Gasteiger partial charge in [0.15, 0.2) is 0 Å². The average molecular weight is 288 g/mol. The molecular weight excluding hydrogens is 270 g/mol. The molecule has 1 fully saturated rings. The second kappa shape index (κ2) is 6.40. The van der Waals surface area contributed by atoms with E-state index in [2.05, 4.69) is 41.7 Å². The molecule has 1 aliphatic rings. The third-order valence-electron chi connectivity index (χ3n) is 3.66. The first-order valence-corrected chi connectivity index (χ1v) is 7.37. The van der Waals surface area contributed by atoms with E-state index in [-0.39, 0.29) is 0 Å². The number of nitrogens with one attached hydrogen (secondary N) is 1. The average Bonchev–Trinajstić information content (AvgIpc) is 3.00. The molecule has 0 spiro atoms. The first kappa shape index (κ1) is 13.6. The molecule has 3 rings (SSSR count). The van der Waals surface area contributed by atoms with Crippen molar-refractivity contribution < 1.29 is 4.74 Å². The molecule has 0 amide bonds. The molecule has 2 aromatic rings. The fourth-order valence-electron chi connectivity index (χ4n) is 2.54. The van der Waals surface area contributed by atoms with Gasteiger partial charge in [0.05, 0.1) is 12.7 Å². The lowest BCUT2D eigenvalue weighted by atomic mass is 10.0. The summed E-state index contributed by atoms with van der Waals surface area (Å²) < 4.78 is 5.99. The Labute approximate surface area is 124 Å². The lowest BCUT2D eigenvalue weighted by Crippen LogP contribution is -2.16. The second-order valence-electron chi connectivity index (χ2n) is 5.09. The molecule has 0 radical (unpaired) electrons. The topological polar surface area (TPSA) is 21.3 Å². The van der Waals surface area contributed by atoms with E-state index in [0.29, 0.717) is 12.7 Å². The first-order valence-electron chi connectivity index (χ1n) is 6.99. The van der Waals surface area contributed by atoms with E-state index in [4.69, 9.17) is 16.3 Å². The van der Waals surface area contributed by atoms with Gasteiger partial charge in [0.25, 0.3) is 0 Å². The Kier molecular flexibility index (Phi) is 4.36. The summed E-state index contributed by atoms with van der Waals surface area (Å²) in [5, 5.41) is 4.08. The number of ether oxygens (including phenoxy) is 1. The number of benzene rings is 2. The molecule has 1 unspecified atom stereocenters. The first-order chi connectivity index (χ1) is 9.83. The molecule has 0 saturated carbocycles. The molecule has 1 N–H and O–H groups in total. The van der Waals surface area contributed by atoms with Crippen molar-refractivity contribution in [1.82, 2.24) is 5.32 Å². The van der Waals surface area contributed by atoms with Gasteiger partial charge < -0.3 is 10.1 Å². The van der Waals surface area contributed by atoms with Crippen molar-refractivity contribution in [2.24, 2.45) is 0 Å². The zero-order chi connectivity index (χ0) is 13.8. The summed E-state index contributed by atoms with van der Waals surface area (Å²) in [7, 11) is 0. The molecule has 104 valence electrons. The Bertz CT molecular complexity index is 561. The maximum atomic E-state index is 5.99. The molecule has 1 heterocycles. The fourth-order valence-corrected chi connectivity index (χ4v) is 2.66. The minimum absolute atomic E-state index is 0.341. The van der Waals surface area contributed by atoms with Crippen molar-refractivity contribution in [2.45, 2.75) is 19.1 Å². The van der Waals surface area contributed by atoms with Crippen molar-refractivity contribution in [2.75, 3.05) is 13.1 Å². The highest BCUT2D eigenvalue weighted by Gasteiger charge is 2.15. The molecule has 20 heavy (non-hydrogen) atoms. The Hall–Kier alpha value is -1.35. The summed E-state index contributed by atoms with van der Waals surface area (Å²) in [5.41, 5.74) is 3.62. The van der Waals surface area contributed by atoms with Gasteiger partial charge in [-0.25, -0.2) is 0 Å². The van der Waals surface area contributed by atoms with E-state index in [1.54, 1.807) is 0 Å². The summed E-state index contributed by atoms with van der Waals surface area (Å²) in [6.07, 6.45) is 1.44. The summed E-state index contributed by atoms with van der Waals surface area (Å²) in [5.74, 6) is 0. The Morgan fingerprint density at radius 1 is 1.10 bits per heavy atom. The van der Waals surface area contributed by atoms with Gasteiger partial charge in [0.2, 0.25) is 0 Å². The van der Waals surface area contributed by atoms with Crippen LogP contribution in [0.4, 0.5) is 0 Å². The predicted octanol–water partition coefficient (Wildman–Crippen LogP) is 3.89. The Morgan fingerprint density at radius 2 is 1.90 bits per heavy atom. The number of rotatable bonds is 4. The van der Waals surface area contributed by atoms with Gasteiger partial charge in [0, 0.05) is 11.6 Å². The lowest BCUT2D eigenvalue weighted by Gasteiger charge is -2.14. The van der Waals surface area contributed by atoms with Crippen molar-refractivity contribution in [3.05, 3.63) is 59.1 Å². The molecule has 2 nitrogen and oxygen atoms in total. The molecule has 0 aliphatic carbocycles. The molecule has 0 bridgehead atoms. The highest BCUT2D eigenvalue weighted by molar-refractivity contribution is 6.30. The van der Waals surface area contributed by atoms with E-state index < -0.39 is 0 Å². The van der Waals surface area contributed by atoms with Gasteiger partial charge in [-0.2, -0.15) is 0 Å².